The summed E-state index contributed by atoms with van der Waals surface area (Å²) in [5.74, 6) is 0.00178. The van der Waals surface area contributed by atoms with Gasteiger partial charge in [0, 0.05) is 31.2 Å². The Hall–Kier alpha value is -2.27. The Kier molecular flexibility index (Phi) is 4.60. The third kappa shape index (κ3) is 3.04. The maximum atomic E-state index is 12.4. The van der Waals surface area contributed by atoms with E-state index in [-0.39, 0.29) is 5.91 Å². The molecule has 5 heteroatoms. The summed E-state index contributed by atoms with van der Waals surface area (Å²) < 4.78 is 2.25. The molecule has 2 aromatic rings. The average molecular weight is 353 g/mol. The van der Waals surface area contributed by atoms with Crippen molar-refractivity contribution in [1.82, 2.24) is 9.47 Å². The quantitative estimate of drug-likeness (QED) is 0.757. The summed E-state index contributed by atoms with van der Waals surface area (Å²) in [4.78, 5) is 18.9. The Balaban J connectivity index is 2.07. The van der Waals surface area contributed by atoms with Gasteiger partial charge in [0.15, 0.2) is 5.17 Å². The molecule has 1 saturated heterocycles. The van der Waals surface area contributed by atoms with Crippen LogP contribution in [-0.4, -0.2) is 34.6 Å². The highest BCUT2D eigenvalue weighted by atomic mass is 32.2. The fourth-order valence-corrected chi connectivity index (χ4v) is 4.17. The zero-order valence-corrected chi connectivity index (χ0v) is 16.4. The third-order valence-electron chi connectivity index (χ3n) is 4.54. The number of carbonyl (C=O) groups is 1. The van der Waals surface area contributed by atoms with Crippen molar-refractivity contribution in [2.45, 2.75) is 27.7 Å². The molecular formula is C20H23N3OS. The second-order valence-electron chi connectivity index (χ2n) is 6.43. The van der Waals surface area contributed by atoms with Crippen molar-refractivity contribution in [2.75, 3.05) is 14.1 Å². The van der Waals surface area contributed by atoms with Crippen LogP contribution in [-0.2, 0) is 4.79 Å². The largest absolute Gasteiger partial charge is 0.318 e. The zero-order valence-electron chi connectivity index (χ0n) is 15.5. The molecule has 0 aliphatic carbocycles. The molecule has 0 unspecified atom stereocenters. The SMILES string of the molecule is CN=C1S/C(=C\c2cc(C)n(-c3ccc(C)cc3C)c2C)C(=O)N1C. The fraction of sp³-hybridized carbons (Fsp3) is 0.300. The van der Waals surface area contributed by atoms with E-state index in [0.29, 0.717) is 4.91 Å². The second-order valence-corrected chi connectivity index (χ2v) is 7.44. The Bertz CT molecular complexity index is 921. The van der Waals surface area contributed by atoms with E-state index < -0.39 is 0 Å². The molecule has 4 nitrogen and oxygen atoms in total. The molecule has 130 valence electrons. The van der Waals surface area contributed by atoms with Gasteiger partial charge in [-0.25, -0.2) is 0 Å². The number of hydrogen-bond donors (Lipinski definition) is 0. The highest BCUT2D eigenvalue weighted by Gasteiger charge is 2.30. The minimum atomic E-state index is 0.00178. The van der Waals surface area contributed by atoms with E-state index in [0.717, 1.165) is 22.1 Å². The molecule has 3 rings (SSSR count). The summed E-state index contributed by atoms with van der Waals surface area (Å²) in [5, 5.41) is 0.736. The molecule has 0 atom stereocenters. The summed E-state index contributed by atoms with van der Waals surface area (Å²) in [7, 11) is 3.47. The van der Waals surface area contributed by atoms with E-state index in [1.165, 1.54) is 28.6 Å². The normalized spacial score (nSPS) is 18.0. The number of carbonyl (C=O) groups excluding carboxylic acids is 1. The van der Waals surface area contributed by atoms with Crippen LogP contribution in [0.5, 0.6) is 0 Å². The van der Waals surface area contributed by atoms with E-state index in [9.17, 15) is 4.79 Å². The van der Waals surface area contributed by atoms with Crippen LogP contribution >= 0.6 is 11.8 Å². The topological polar surface area (TPSA) is 37.6 Å². The maximum Gasteiger partial charge on any atom is 0.266 e. The van der Waals surface area contributed by atoms with E-state index in [2.05, 4.69) is 61.5 Å². The lowest BCUT2D eigenvalue weighted by atomic mass is 10.1. The third-order valence-corrected chi connectivity index (χ3v) is 5.70. The smallest absolute Gasteiger partial charge is 0.266 e. The van der Waals surface area contributed by atoms with Crippen LogP contribution in [0.15, 0.2) is 34.2 Å². The minimum absolute atomic E-state index is 0.00178. The minimum Gasteiger partial charge on any atom is -0.318 e. The lowest BCUT2D eigenvalue weighted by molar-refractivity contribution is -0.121. The number of hydrogen-bond acceptors (Lipinski definition) is 3. The molecule has 1 aliphatic rings. The van der Waals surface area contributed by atoms with Crippen molar-refractivity contribution in [3.05, 3.63) is 57.2 Å². The number of benzene rings is 1. The lowest BCUT2D eigenvalue weighted by Crippen LogP contribution is -2.23. The van der Waals surface area contributed by atoms with Crippen LogP contribution in [0, 0.1) is 27.7 Å². The van der Waals surface area contributed by atoms with Crippen LogP contribution in [0.1, 0.15) is 28.1 Å². The van der Waals surface area contributed by atoms with Crippen LogP contribution in [0.3, 0.4) is 0 Å². The van der Waals surface area contributed by atoms with E-state index >= 15 is 0 Å². The van der Waals surface area contributed by atoms with Gasteiger partial charge in [0.2, 0.25) is 0 Å². The Morgan fingerprint density at radius 1 is 1.12 bits per heavy atom. The van der Waals surface area contributed by atoms with Crippen LogP contribution in [0.4, 0.5) is 0 Å². The molecule has 0 bridgehead atoms. The second kappa shape index (κ2) is 6.56. The molecule has 1 aromatic carbocycles. The molecular weight excluding hydrogens is 330 g/mol. The molecule has 0 spiro atoms. The van der Waals surface area contributed by atoms with E-state index in [4.69, 9.17) is 0 Å². The van der Waals surface area contributed by atoms with Crippen molar-refractivity contribution < 1.29 is 4.79 Å². The maximum absolute atomic E-state index is 12.4. The van der Waals surface area contributed by atoms with Crippen LogP contribution < -0.4 is 0 Å². The van der Waals surface area contributed by atoms with Crippen LogP contribution in [0.2, 0.25) is 0 Å². The predicted molar refractivity (Wildman–Crippen MR) is 106 cm³/mol. The van der Waals surface area contributed by atoms with E-state index in [1.54, 1.807) is 19.0 Å². The van der Waals surface area contributed by atoms with Crippen molar-refractivity contribution >= 4 is 28.9 Å². The first-order valence-corrected chi connectivity index (χ1v) is 9.06. The number of aryl methyl sites for hydroxylation is 3. The van der Waals surface area contributed by atoms with Crippen molar-refractivity contribution in [1.29, 1.82) is 0 Å². The Labute approximate surface area is 153 Å². The molecule has 0 saturated carbocycles. The molecule has 0 N–H and O–H groups in total. The van der Waals surface area contributed by atoms with Gasteiger partial charge in [0.25, 0.3) is 5.91 Å². The summed E-state index contributed by atoms with van der Waals surface area (Å²) in [6.07, 6.45) is 1.98. The number of amides is 1. The molecule has 1 aliphatic heterocycles. The average Bonchev–Trinajstić information content (AvgIpc) is 2.99. The van der Waals surface area contributed by atoms with Crippen molar-refractivity contribution in [3.8, 4) is 5.69 Å². The van der Waals surface area contributed by atoms with Gasteiger partial charge < -0.3 is 4.57 Å². The number of aliphatic imine (C=N–C) groups is 1. The Morgan fingerprint density at radius 2 is 1.84 bits per heavy atom. The van der Waals surface area contributed by atoms with Gasteiger partial charge in [-0.15, -0.1) is 0 Å². The first kappa shape index (κ1) is 17.5. The summed E-state index contributed by atoms with van der Waals surface area (Å²) in [6, 6.07) is 8.62. The molecule has 0 radical (unpaired) electrons. The highest BCUT2D eigenvalue weighted by molar-refractivity contribution is 8.18. The highest BCUT2D eigenvalue weighted by Crippen LogP contribution is 2.33. The number of likely N-dealkylation sites (N-methyl/N-ethyl adjacent to an activating group) is 1. The summed E-state index contributed by atoms with van der Waals surface area (Å²) in [6.45, 7) is 8.44. The lowest BCUT2D eigenvalue weighted by Gasteiger charge is -2.13. The van der Waals surface area contributed by atoms with Gasteiger partial charge >= 0.3 is 0 Å². The van der Waals surface area contributed by atoms with Gasteiger partial charge in [-0.3, -0.25) is 14.7 Å². The van der Waals surface area contributed by atoms with Gasteiger partial charge in [0.05, 0.1) is 4.91 Å². The number of thioether (sulfide) groups is 1. The number of amidine groups is 1. The molecule has 1 fully saturated rings. The first-order chi connectivity index (χ1) is 11.8. The van der Waals surface area contributed by atoms with Gasteiger partial charge in [-0.05, 0) is 68.8 Å². The van der Waals surface area contributed by atoms with Gasteiger partial charge in [-0.2, -0.15) is 0 Å². The number of rotatable bonds is 2. The zero-order chi connectivity index (χ0) is 18.3. The standard InChI is InChI=1S/C20H23N3OS/c1-12-7-8-17(13(2)9-12)23-14(3)10-16(15(23)4)11-18-19(24)22(6)20(21-5)25-18/h7-11H,1-6H3/b18-11-,21-20?. The fourth-order valence-electron chi connectivity index (χ4n) is 3.25. The number of aromatic nitrogens is 1. The Morgan fingerprint density at radius 3 is 2.44 bits per heavy atom. The first-order valence-electron chi connectivity index (χ1n) is 8.24. The van der Waals surface area contributed by atoms with Crippen LogP contribution in [0.25, 0.3) is 11.8 Å². The molecule has 25 heavy (non-hydrogen) atoms. The van der Waals surface area contributed by atoms with Gasteiger partial charge in [0.1, 0.15) is 0 Å². The number of nitrogens with zero attached hydrogens (tertiary/aromatic N) is 3. The van der Waals surface area contributed by atoms with Crippen molar-refractivity contribution in [3.63, 3.8) is 0 Å². The summed E-state index contributed by atoms with van der Waals surface area (Å²) >= 11 is 1.42. The predicted octanol–water partition coefficient (Wildman–Crippen LogP) is 4.24. The molecule has 1 aromatic heterocycles. The van der Waals surface area contributed by atoms with E-state index in [1.807, 2.05) is 6.08 Å². The molecule has 1 amide bonds. The summed E-state index contributed by atoms with van der Waals surface area (Å²) in [5.41, 5.74) is 7.04. The molecule has 2 heterocycles. The van der Waals surface area contributed by atoms with Gasteiger partial charge in [-0.1, -0.05) is 17.7 Å². The monoisotopic (exact) mass is 353 g/mol. The van der Waals surface area contributed by atoms with Crippen molar-refractivity contribution in [2.24, 2.45) is 4.99 Å².